The highest BCUT2D eigenvalue weighted by Crippen LogP contribution is 2.30. The van der Waals surface area contributed by atoms with Gasteiger partial charge in [0, 0.05) is 16.9 Å². The molecule has 1 unspecified atom stereocenters. The molecule has 94 valence electrons. The molecule has 0 aliphatic carbocycles. The average molecular weight is 309 g/mol. The van der Waals surface area contributed by atoms with Gasteiger partial charge in [0.2, 0.25) is 0 Å². The van der Waals surface area contributed by atoms with Crippen LogP contribution in [0, 0.1) is 0 Å². The molecule has 0 aliphatic rings. The quantitative estimate of drug-likeness (QED) is 0.665. The molecule has 0 spiro atoms. The summed E-state index contributed by atoms with van der Waals surface area (Å²) in [6.45, 7) is 0. The number of hydrazine groups is 1. The Labute approximate surface area is 113 Å². The standard InChI is InChI=1S/C12H13BrN4O/c1-18-8-2-3-10(13)9(6-8)12(17-14)11-7-15-4-5-16-11/h2-7,12,17H,14H2,1H3. The lowest BCUT2D eigenvalue weighted by molar-refractivity contribution is 0.413. The summed E-state index contributed by atoms with van der Waals surface area (Å²) in [5, 5.41) is 0. The van der Waals surface area contributed by atoms with E-state index >= 15 is 0 Å². The fraction of sp³-hybridized carbons (Fsp3) is 0.167. The monoisotopic (exact) mass is 308 g/mol. The van der Waals surface area contributed by atoms with E-state index in [9.17, 15) is 0 Å². The Morgan fingerprint density at radius 3 is 2.83 bits per heavy atom. The van der Waals surface area contributed by atoms with Crippen molar-refractivity contribution in [2.24, 2.45) is 5.84 Å². The number of benzene rings is 1. The molecule has 0 saturated heterocycles. The molecule has 1 atom stereocenters. The number of hydrogen-bond donors (Lipinski definition) is 2. The van der Waals surface area contributed by atoms with Crippen LogP contribution in [0.4, 0.5) is 0 Å². The molecule has 0 bridgehead atoms. The average Bonchev–Trinajstić information content (AvgIpc) is 2.43. The van der Waals surface area contributed by atoms with Crippen LogP contribution in [-0.4, -0.2) is 17.1 Å². The minimum atomic E-state index is -0.247. The van der Waals surface area contributed by atoms with E-state index < -0.39 is 0 Å². The fourth-order valence-electron chi connectivity index (χ4n) is 1.66. The largest absolute Gasteiger partial charge is 0.497 e. The summed E-state index contributed by atoms with van der Waals surface area (Å²) in [6, 6.07) is 5.44. The number of methoxy groups -OCH3 is 1. The number of halogens is 1. The summed E-state index contributed by atoms with van der Waals surface area (Å²) in [5.74, 6) is 6.38. The maximum absolute atomic E-state index is 5.62. The zero-order valence-electron chi connectivity index (χ0n) is 9.80. The van der Waals surface area contributed by atoms with Crippen LogP contribution in [0.15, 0.2) is 41.3 Å². The third-order valence-electron chi connectivity index (χ3n) is 2.56. The number of rotatable bonds is 4. The van der Waals surface area contributed by atoms with Gasteiger partial charge in [0.05, 0.1) is 25.0 Å². The van der Waals surface area contributed by atoms with E-state index in [1.165, 1.54) is 0 Å². The van der Waals surface area contributed by atoms with Gasteiger partial charge in [-0.15, -0.1) is 0 Å². The summed E-state index contributed by atoms with van der Waals surface area (Å²) in [4.78, 5) is 8.30. The minimum Gasteiger partial charge on any atom is -0.497 e. The Morgan fingerprint density at radius 1 is 1.39 bits per heavy atom. The van der Waals surface area contributed by atoms with Crippen LogP contribution in [0.3, 0.4) is 0 Å². The van der Waals surface area contributed by atoms with Gasteiger partial charge in [-0.2, -0.15) is 0 Å². The maximum atomic E-state index is 5.62. The van der Waals surface area contributed by atoms with Crippen molar-refractivity contribution in [3.8, 4) is 5.75 Å². The second-order valence-corrected chi connectivity index (χ2v) is 4.47. The lowest BCUT2D eigenvalue weighted by atomic mass is 10.0. The first kappa shape index (κ1) is 12.9. The lowest BCUT2D eigenvalue weighted by Crippen LogP contribution is -2.29. The third kappa shape index (κ3) is 2.66. The predicted octanol–water partition coefficient (Wildman–Crippen LogP) is 1.80. The first-order chi connectivity index (χ1) is 8.76. The second kappa shape index (κ2) is 5.90. The molecule has 0 amide bonds. The number of ether oxygens (including phenoxy) is 1. The van der Waals surface area contributed by atoms with Crippen molar-refractivity contribution in [1.29, 1.82) is 0 Å². The molecule has 5 nitrogen and oxygen atoms in total. The van der Waals surface area contributed by atoms with Crippen molar-refractivity contribution in [2.45, 2.75) is 6.04 Å². The maximum Gasteiger partial charge on any atom is 0.119 e. The summed E-state index contributed by atoms with van der Waals surface area (Å²) in [7, 11) is 1.63. The van der Waals surface area contributed by atoms with E-state index in [1.54, 1.807) is 25.7 Å². The van der Waals surface area contributed by atoms with E-state index in [4.69, 9.17) is 10.6 Å². The van der Waals surface area contributed by atoms with Gasteiger partial charge in [-0.1, -0.05) is 15.9 Å². The number of nitrogens with zero attached hydrogens (tertiary/aromatic N) is 2. The SMILES string of the molecule is COc1ccc(Br)c(C(NN)c2cnccn2)c1. The molecule has 0 aliphatic heterocycles. The zero-order valence-corrected chi connectivity index (χ0v) is 11.4. The lowest BCUT2D eigenvalue weighted by Gasteiger charge is -2.17. The van der Waals surface area contributed by atoms with Crippen LogP contribution in [0.2, 0.25) is 0 Å². The van der Waals surface area contributed by atoms with Crippen molar-refractivity contribution in [3.63, 3.8) is 0 Å². The number of hydrogen-bond acceptors (Lipinski definition) is 5. The van der Waals surface area contributed by atoms with Crippen molar-refractivity contribution >= 4 is 15.9 Å². The van der Waals surface area contributed by atoms with E-state index in [1.807, 2.05) is 18.2 Å². The van der Waals surface area contributed by atoms with Gasteiger partial charge < -0.3 is 4.74 Å². The van der Waals surface area contributed by atoms with Gasteiger partial charge in [0.1, 0.15) is 5.75 Å². The highest BCUT2D eigenvalue weighted by Gasteiger charge is 2.17. The molecule has 18 heavy (non-hydrogen) atoms. The molecule has 2 rings (SSSR count). The summed E-state index contributed by atoms with van der Waals surface area (Å²) < 4.78 is 6.14. The first-order valence-corrected chi connectivity index (χ1v) is 6.11. The third-order valence-corrected chi connectivity index (χ3v) is 3.28. The van der Waals surface area contributed by atoms with E-state index in [0.29, 0.717) is 0 Å². The number of nitrogens with two attached hydrogens (primary N) is 1. The van der Waals surface area contributed by atoms with E-state index in [-0.39, 0.29) is 6.04 Å². The smallest absolute Gasteiger partial charge is 0.119 e. The second-order valence-electron chi connectivity index (χ2n) is 3.62. The van der Waals surface area contributed by atoms with Crippen molar-refractivity contribution < 1.29 is 4.74 Å². The summed E-state index contributed by atoms with van der Waals surface area (Å²) >= 11 is 3.50. The molecule has 0 radical (unpaired) electrons. The van der Waals surface area contributed by atoms with Crippen LogP contribution < -0.4 is 16.0 Å². The van der Waals surface area contributed by atoms with Crippen LogP contribution in [-0.2, 0) is 0 Å². The Kier molecular flexibility index (Phi) is 4.24. The molecule has 0 saturated carbocycles. The minimum absolute atomic E-state index is 0.247. The first-order valence-electron chi connectivity index (χ1n) is 5.31. The van der Waals surface area contributed by atoms with Gasteiger partial charge in [-0.25, -0.2) is 5.43 Å². The highest BCUT2D eigenvalue weighted by molar-refractivity contribution is 9.10. The molecule has 3 N–H and O–H groups in total. The zero-order chi connectivity index (χ0) is 13.0. The molecule has 2 aromatic rings. The Balaban J connectivity index is 2.44. The summed E-state index contributed by atoms with van der Waals surface area (Å²) in [6.07, 6.45) is 4.93. The Morgan fingerprint density at radius 2 is 2.22 bits per heavy atom. The van der Waals surface area contributed by atoms with Gasteiger partial charge in [-0.05, 0) is 23.8 Å². The number of aromatic nitrogens is 2. The van der Waals surface area contributed by atoms with Crippen molar-refractivity contribution in [3.05, 3.63) is 52.5 Å². The molecule has 1 heterocycles. The normalized spacial score (nSPS) is 12.2. The van der Waals surface area contributed by atoms with Crippen molar-refractivity contribution in [2.75, 3.05) is 7.11 Å². The predicted molar refractivity (Wildman–Crippen MR) is 71.9 cm³/mol. The van der Waals surface area contributed by atoms with Crippen LogP contribution in [0.25, 0.3) is 0 Å². The molecule has 6 heteroatoms. The molecule has 1 aromatic heterocycles. The Bertz CT molecular complexity index is 521. The highest BCUT2D eigenvalue weighted by atomic mass is 79.9. The molecule has 1 aromatic carbocycles. The fourth-order valence-corrected chi connectivity index (χ4v) is 2.14. The molecule has 0 fully saturated rings. The van der Waals surface area contributed by atoms with Gasteiger partial charge in [-0.3, -0.25) is 15.8 Å². The van der Waals surface area contributed by atoms with Crippen LogP contribution >= 0.6 is 15.9 Å². The van der Waals surface area contributed by atoms with Crippen LogP contribution in [0.5, 0.6) is 5.75 Å². The van der Waals surface area contributed by atoms with Gasteiger partial charge in [0.25, 0.3) is 0 Å². The molecular formula is C12H13BrN4O. The topological polar surface area (TPSA) is 73.1 Å². The van der Waals surface area contributed by atoms with Gasteiger partial charge >= 0.3 is 0 Å². The Hall–Kier alpha value is -1.50. The van der Waals surface area contributed by atoms with Crippen LogP contribution in [0.1, 0.15) is 17.3 Å². The molecular weight excluding hydrogens is 296 g/mol. The summed E-state index contributed by atoms with van der Waals surface area (Å²) in [5.41, 5.74) is 4.43. The number of nitrogens with one attached hydrogen (secondary N) is 1. The van der Waals surface area contributed by atoms with Gasteiger partial charge in [0.15, 0.2) is 0 Å². The van der Waals surface area contributed by atoms with E-state index in [0.717, 1.165) is 21.5 Å². The van der Waals surface area contributed by atoms with Crippen molar-refractivity contribution in [1.82, 2.24) is 15.4 Å². The van der Waals surface area contributed by atoms with E-state index in [2.05, 4.69) is 31.3 Å².